The molecule has 3 nitrogen and oxygen atoms in total. The average Bonchev–Trinajstić information content (AvgIpc) is 2.03. The van der Waals surface area contributed by atoms with E-state index in [4.69, 9.17) is 9.84 Å². The molecule has 1 heterocycles. The first-order chi connectivity index (χ1) is 5.29. The van der Waals surface area contributed by atoms with Gasteiger partial charge in [0, 0.05) is 6.42 Å². The third-order valence-electron chi connectivity index (χ3n) is 1.72. The first-order valence-corrected chi connectivity index (χ1v) is 3.76. The molecule has 0 saturated carbocycles. The Hall–Kier alpha value is -0.830. The zero-order valence-corrected chi connectivity index (χ0v) is 6.38. The monoisotopic (exact) mass is 156 g/mol. The van der Waals surface area contributed by atoms with E-state index in [0.29, 0.717) is 13.0 Å². The molecule has 3 heteroatoms. The Kier molecular flexibility index (Phi) is 3.11. The van der Waals surface area contributed by atoms with Crippen molar-refractivity contribution in [2.45, 2.75) is 19.3 Å². The highest BCUT2D eigenvalue weighted by Crippen LogP contribution is 2.13. The normalized spacial score (nSPS) is 17.6. The second-order valence-corrected chi connectivity index (χ2v) is 2.58. The molecule has 0 aliphatic carbocycles. The van der Waals surface area contributed by atoms with Gasteiger partial charge in [0.05, 0.1) is 13.2 Å². The van der Waals surface area contributed by atoms with Crippen molar-refractivity contribution in [2.24, 2.45) is 0 Å². The van der Waals surface area contributed by atoms with Crippen LogP contribution in [0, 0.1) is 0 Å². The number of ether oxygens (including phenoxy) is 1. The van der Waals surface area contributed by atoms with Gasteiger partial charge in [0.25, 0.3) is 0 Å². The van der Waals surface area contributed by atoms with Crippen LogP contribution in [0.1, 0.15) is 19.3 Å². The molecule has 0 aromatic carbocycles. The fourth-order valence-electron chi connectivity index (χ4n) is 1.06. The maximum Gasteiger partial charge on any atom is 0.303 e. The largest absolute Gasteiger partial charge is 0.481 e. The van der Waals surface area contributed by atoms with Crippen molar-refractivity contribution in [3.05, 3.63) is 11.6 Å². The van der Waals surface area contributed by atoms with Crippen LogP contribution in [0.5, 0.6) is 0 Å². The summed E-state index contributed by atoms with van der Waals surface area (Å²) in [6, 6.07) is 0. The van der Waals surface area contributed by atoms with Crippen molar-refractivity contribution >= 4 is 5.97 Å². The maximum absolute atomic E-state index is 10.2. The van der Waals surface area contributed by atoms with E-state index in [1.807, 2.05) is 6.08 Å². The number of carbonyl (C=O) groups is 1. The molecule has 1 aliphatic rings. The molecule has 1 aliphatic heterocycles. The molecule has 62 valence electrons. The number of carboxylic acid groups (broad SMARTS) is 1. The quantitative estimate of drug-likeness (QED) is 0.624. The molecule has 0 bridgehead atoms. The summed E-state index contributed by atoms with van der Waals surface area (Å²) in [5.41, 5.74) is 1.22. The third-order valence-corrected chi connectivity index (χ3v) is 1.72. The number of aliphatic carboxylic acids is 1. The van der Waals surface area contributed by atoms with Gasteiger partial charge < -0.3 is 9.84 Å². The Labute approximate surface area is 65.7 Å². The van der Waals surface area contributed by atoms with E-state index >= 15 is 0 Å². The van der Waals surface area contributed by atoms with Gasteiger partial charge in [0.1, 0.15) is 0 Å². The van der Waals surface area contributed by atoms with E-state index in [-0.39, 0.29) is 6.42 Å². The molecule has 0 unspecified atom stereocenters. The smallest absolute Gasteiger partial charge is 0.303 e. The Morgan fingerprint density at radius 1 is 1.73 bits per heavy atom. The van der Waals surface area contributed by atoms with Crippen molar-refractivity contribution in [1.29, 1.82) is 0 Å². The van der Waals surface area contributed by atoms with E-state index in [9.17, 15) is 4.79 Å². The Morgan fingerprint density at radius 3 is 3.09 bits per heavy atom. The number of carboxylic acids is 1. The van der Waals surface area contributed by atoms with Crippen LogP contribution in [0.3, 0.4) is 0 Å². The van der Waals surface area contributed by atoms with Crippen LogP contribution >= 0.6 is 0 Å². The molecule has 1 rings (SSSR count). The van der Waals surface area contributed by atoms with Gasteiger partial charge in [-0.1, -0.05) is 11.6 Å². The number of hydrogen-bond donors (Lipinski definition) is 1. The lowest BCUT2D eigenvalue weighted by Gasteiger charge is -2.11. The van der Waals surface area contributed by atoms with Crippen molar-refractivity contribution in [1.82, 2.24) is 0 Å². The van der Waals surface area contributed by atoms with E-state index < -0.39 is 5.97 Å². The van der Waals surface area contributed by atoms with Crippen LogP contribution in [0.25, 0.3) is 0 Å². The highest BCUT2D eigenvalue weighted by atomic mass is 16.5. The van der Waals surface area contributed by atoms with Gasteiger partial charge in [0.15, 0.2) is 0 Å². The first kappa shape index (κ1) is 8.27. The van der Waals surface area contributed by atoms with Crippen molar-refractivity contribution in [3.63, 3.8) is 0 Å². The molecular weight excluding hydrogens is 144 g/mol. The topological polar surface area (TPSA) is 46.5 Å². The molecule has 0 fully saturated rings. The Morgan fingerprint density at radius 2 is 2.55 bits per heavy atom. The third kappa shape index (κ3) is 3.18. The summed E-state index contributed by atoms with van der Waals surface area (Å²) >= 11 is 0. The zero-order valence-electron chi connectivity index (χ0n) is 6.38. The molecule has 0 aromatic heterocycles. The minimum atomic E-state index is -0.725. The predicted molar refractivity (Wildman–Crippen MR) is 40.4 cm³/mol. The van der Waals surface area contributed by atoms with Crippen molar-refractivity contribution < 1.29 is 14.6 Å². The first-order valence-electron chi connectivity index (χ1n) is 3.76. The average molecular weight is 156 g/mol. The minimum absolute atomic E-state index is 0.242. The zero-order chi connectivity index (χ0) is 8.10. The van der Waals surface area contributed by atoms with Crippen LogP contribution in [0.2, 0.25) is 0 Å². The van der Waals surface area contributed by atoms with Crippen LogP contribution in [0.15, 0.2) is 11.6 Å². The highest BCUT2D eigenvalue weighted by Gasteiger charge is 2.05. The van der Waals surface area contributed by atoms with E-state index in [1.165, 1.54) is 5.57 Å². The number of rotatable bonds is 3. The van der Waals surface area contributed by atoms with Gasteiger partial charge in [-0.05, 0) is 12.8 Å². The standard InChI is InChI=1S/C8H12O3/c9-8(10)2-1-7-3-5-11-6-4-7/h3H,1-2,4-6H2,(H,9,10). The minimum Gasteiger partial charge on any atom is -0.481 e. The Bertz CT molecular complexity index is 172. The van der Waals surface area contributed by atoms with Gasteiger partial charge in [-0.2, -0.15) is 0 Å². The molecular formula is C8H12O3. The SMILES string of the molecule is O=C(O)CCC1=CCOCC1. The van der Waals surface area contributed by atoms with E-state index in [0.717, 1.165) is 13.0 Å². The van der Waals surface area contributed by atoms with Crippen molar-refractivity contribution in [3.8, 4) is 0 Å². The summed E-state index contributed by atoms with van der Waals surface area (Å²) in [6.45, 7) is 1.39. The fraction of sp³-hybridized carbons (Fsp3) is 0.625. The maximum atomic E-state index is 10.2. The van der Waals surface area contributed by atoms with Gasteiger partial charge in [-0.3, -0.25) is 4.79 Å². The van der Waals surface area contributed by atoms with Crippen LogP contribution in [-0.4, -0.2) is 24.3 Å². The fourth-order valence-corrected chi connectivity index (χ4v) is 1.06. The van der Waals surface area contributed by atoms with Gasteiger partial charge in [-0.25, -0.2) is 0 Å². The van der Waals surface area contributed by atoms with Crippen molar-refractivity contribution in [2.75, 3.05) is 13.2 Å². The highest BCUT2D eigenvalue weighted by molar-refractivity contribution is 5.67. The second-order valence-electron chi connectivity index (χ2n) is 2.58. The lowest BCUT2D eigenvalue weighted by molar-refractivity contribution is -0.136. The molecule has 0 saturated heterocycles. The predicted octanol–water partition coefficient (Wildman–Crippen LogP) is 1.20. The lowest BCUT2D eigenvalue weighted by atomic mass is 10.1. The lowest BCUT2D eigenvalue weighted by Crippen LogP contribution is -2.05. The van der Waals surface area contributed by atoms with Gasteiger partial charge in [-0.15, -0.1) is 0 Å². The summed E-state index contributed by atoms with van der Waals surface area (Å²) in [5, 5.41) is 8.39. The number of hydrogen-bond acceptors (Lipinski definition) is 2. The van der Waals surface area contributed by atoms with Gasteiger partial charge in [0.2, 0.25) is 0 Å². The summed E-state index contributed by atoms with van der Waals surface area (Å²) < 4.78 is 5.08. The molecule has 0 spiro atoms. The molecule has 11 heavy (non-hydrogen) atoms. The summed E-state index contributed by atoms with van der Waals surface area (Å²) in [4.78, 5) is 10.2. The molecule has 0 aromatic rings. The molecule has 0 radical (unpaired) electrons. The molecule has 1 N–H and O–H groups in total. The summed E-state index contributed by atoms with van der Waals surface area (Å²) in [6.07, 6.45) is 3.80. The Balaban J connectivity index is 2.24. The van der Waals surface area contributed by atoms with Gasteiger partial charge >= 0.3 is 5.97 Å². The summed E-state index contributed by atoms with van der Waals surface area (Å²) in [5.74, 6) is -0.725. The molecule has 0 amide bonds. The van der Waals surface area contributed by atoms with E-state index in [1.54, 1.807) is 0 Å². The van der Waals surface area contributed by atoms with E-state index in [2.05, 4.69) is 0 Å². The van der Waals surface area contributed by atoms with Crippen LogP contribution in [-0.2, 0) is 9.53 Å². The van der Waals surface area contributed by atoms with Crippen LogP contribution in [0.4, 0.5) is 0 Å². The molecule has 0 atom stereocenters. The second kappa shape index (κ2) is 4.13. The summed E-state index contributed by atoms with van der Waals surface area (Å²) in [7, 11) is 0. The van der Waals surface area contributed by atoms with Crippen LogP contribution < -0.4 is 0 Å².